The summed E-state index contributed by atoms with van der Waals surface area (Å²) in [7, 11) is 0. The summed E-state index contributed by atoms with van der Waals surface area (Å²) in [4.78, 5) is 4.46. The van der Waals surface area contributed by atoms with E-state index >= 15 is 0 Å². The molecule has 1 fully saturated rings. The lowest BCUT2D eigenvalue weighted by atomic mass is 9.81. The molecule has 1 saturated carbocycles. The van der Waals surface area contributed by atoms with Crippen molar-refractivity contribution < 1.29 is 4.74 Å². The minimum Gasteiger partial charge on any atom is -0.382 e. The van der Waals surface area contributed by atoms with E-state index in [1.54, 1.807) is 0 Å². The van der Waals surface area contributed by atoms with Crippen LogP contribution in [0.25, 0.3) is 0 Å². The first-order valence-corrected chi connectivity index (χ1v) is 7.87. The van der Waals surface area contributed by atoms with Gasteiger partial charge in [-0.05, 0) is 38.0 Å². The van der Waals surface area contributed by atoms with Crippen molar-refractivity contribution in [2.45, 2.75) is 52.4 Å². The van der Waals surface area contributed by atoms with Crippen molar-refractivity contribution in [3.8, 4) is 0 Å². The Hall–Kier alpha value is -0.0400. The number of nitrogens with one attached hydrogen (secondary N) is 1. The normalized spacial score (nSPS) is 23.2. The number of guanidine groups is 1. The summed E-state index contributed by atoms with van der Waals surface area (Å²) < 4.78 is 5.27. The summed E-state index contributed by atoms with van der Waals surface area (Å²) in [5.74, 6) is 2.29. The first kappa shape index (κ1) is 20.0. The van der Waals surface area contributed by atoms with E-state index in [9.17, 15) is 0 Å². The van der Waals surface area contributed by atoms with Crippen LogP contribution in [-0.2, 0) is 4.74 Å². The fourth-order valence-electron chi connectivity index (χ4n) is 2.64. The smallest absolute Gasteiger partial charge is 0.188 e. The molecule has 0 heterocycles. The van der Waals surface area contributed by atoms with Gasteiger partial charge < -0.3 is 15.8 Å². The molecule has 0 radical (unpaired) electrons. The van der Waals surface area contributed by atoms with Crippen molar-refractivity contribution in [2.75, 3.05) is 26.3 Å². The van der Waals surface area contributed by atoms with Crippen LogP contribution in [0.15, 0.2) is 4.99 Å². The molecule has 3 N–H and O–H groups in total. The van der Waals surface area contributed by atoms with Crippen LogP contribution in [-0.4, -0.2) is 32.3 Å². The highest BCUT2D eigenvalue weighted by Crippen LogP contribution is 2.30. The second-order valence-electron chi connectivity index (χ2n) is 5.50. The Kier molecular flexibility index (Phi) is 12.7. The van der Waals surface area contributed by atoms with Crippen molar-refractivity contribution in [2.24, 2.45) is 22.6 Å². The Balaban J connectivity index is 0.00000361. The molecule has 120 valence electrons. The zero-order valence-corrected chi connectivity index (χ0v) is 15.4. The van der Waals surface area contributed by atoms with E-state index in [4.69, 9.17) is 10.5 Å². The molecule has 0 aromatic rings. The predicted molar refractivity (Wildman–Crippen MR) is 96.8 cm³/mol. The molecule has 1 aliphatic rings. The summed E-state index contributed by atoms with van der Waals surface area (Å²) in [6.45, 7) is 7.62. The molecule has 4 nitrogen and oxygen atoms in total. The maximum absolute atomic E-state index is 5.86. The molecule has 0 aliphatic heterocycles. The van der Waals surface area contributed by atoms with E-state index in [1.165, 1.54) is 32.1 Å². The van der Waals surface area contributed by atoms with Gasteiger partial charge in [0, 0.05) is 26.3 Å². The molecule has 0 unspecified atom stereocenters. The molecule has 1 aliphatic carbocycles. The van der Waals surface area contributed by atoms with Crippen molar-refractivity contribution in [1.82, 2.24) is 5.32 Å². The van der Waals surface area contributed by atoms with Gasteiger partial charge >= 0.3 is 0 Å². The number of nitrogens with two attached hydrogens (primary N) is 1. The summed E-state index contributed by atoms with van der Waals surface area (Å²) in [6, 6.07) is 0. The third-order valence-corrected chi connectivity index (χ3v) is 4.04. The molecule has 1 rings (SSSR count). The maximum atomic E-state index is 5.86. The number of rotatable bonds is 8. The minimum atomic E-state index is 0. The second-order valence-corrected chi connectivity index (χ2v) is 5.50. The zero-order valence-electron chi connectivity index (χ0n) is 13.1. The number of nitrogens with zero attached hydrogens (tertiary/aromatic N) is 1. The molecule has 0 spiro atoms. The van der Waals surface area contributed by atoms with Crippen LogP contribution in [0.2, 0.25) is 0 Å². The van der Waals surface area contributed by atoms with E-state index in [-0.39, 0.29) is 24.0 Å². The van der Waals surface area contributed by atoms with Gasteiger partial charge in [0.15, 0.2) is 5.96 Å². The first-order valence-electron chi connectivity index (χ1n) is 7.87. The topological polar surface area (TPSA) is 59.6 Å². The van der Waals surface area contributed by atoms with Crippen molar-refractivity contribution in [3.63, 3.8) is 0 Å². The van der Waals surface area contributed by atoms with Crippen molar-refractivity contribution >= 4 is 29.9 Å². The second kappa shape index (κ2) is 12.7. The Labute approximate surface area is 141 Å². The molecule has 0 bridgehead atoms. The Bertz CT molecular complexity index is 254. The van der Waals surface area contributed by atoms with Crippen molar-refractivity contribution in [3.05, 3.63) is 0 Å². The maximum Gasteiger partial charge on any atom is 0.188 e. The van der Waals surface area contributed by atoms with E-state index in [2.05, 4.69) is 17.2 Å². The number of ether oxygens (including phenoxy) is 1. The molecule has 5 heteroatoms. The Morgan fingerprint density at radius 2 is 1.85 bits per heavy atom. The van der Waals surface area contributed by atoms with Crippen LogP contribution in [0.1, 0.15) is 52.4 Å². The average molecular weight is 397 g/mol. The largest absolute Gasteiger partial charge is 0.382 e. The average Bonchev–Trinajstić information content (AvgIpc) is 2.45. The lowest BCUT2D eigenvalue weighted by molar-refractivity contribution is 0.145. The van der Waals surface area contributed by atoms with Gasteiger partial charge in [0.1, 0.15) is 0 Å². The highest BCUT2D eigenvalue weighted by Gasteiger charge is 2.19. The first-order chi connectivity index (χ1) is 9.26. The monoisotopic (exact) mass is 397 g/mol. The number of hydrogen-bond donors (Lipinski definition) is 2. The van der Waals surface area contributed by atoms with Crippen LogP contribution in [0, 0.1) is 11.8 Å². The third kappa shape index (κ3) is 9.00. The highest BCUT2D eigenvalue weighted by atomic mass is 127. The number of aliphatic imine (C=N–C) groups is 1. The van der Waals surface area contributed by atoms with E-state index < -0.39 is 0 Å². The lowest BCUT2D eigenvalue weighted by Gasteiger charge is -2.26. The highest BCUT2D eigenvalue weighted by molar-refractivity contribution is 14.0. The van der Waals surface area contributed by atoms with Gasteiger partial charge in [0.25, 0.3) is 0 Å². The van der Waals surface area contributed by atoms with Crippen LogP contribution < -0.4 is 11.1 Å². The fourth-order valence-corrected chi connectivity index (χ4v) is 2.64. The summed E-state index contributed by atoms with van der Waals surface area (Å²) in [5, 5.41) is 3.15. The molecule has 0 aromatic heterocycles. The SMILES string of the molecule is CCOCCCNC(N)=NCC1CCC(CC)CC1.I. The van der Waals surface area contributed by atoms with Crippen LogP contribution in [0.4, 0.5) is 0 Å². The van der Waals surface area contributed by atoms with Crippen LogP contribution in [0.3, 0.4) is 0 Å². The minimum absolute atomic E-state index is 0. The van der Waals surface area contributed by atoms with E-state index in [1.807, 2.05) is 6.92 Å². The summed E-state index contributed by atoms with van der Waals surface area (Å²) >= 11 is 0. The van der Waals surface area contributed by atoms with E-state index in [0.717, 1.165) is 44.6 Å². The Morgan fingerprint density at radius 1 is 1.20 bits per heavy atom. The Morgan fingerprint density at radius 3 is 2.45 bits per heavy atom. The molecular formula is C15H32IN3O. The van der Waals surface area contributed by atoms with Gasteiger partial charge in [0.2, 0.25) is 0 Å². The summed E-state index contributed by atoms with van der Waals surface area (Å²) in [5.41, 5.74) is 5.86. The lowest BCUT2D eigenvalue weighted by Crippen LogP contribution is -2.33. The van der Waals surface area contributed by atoms with Gasteiger partial charge in [-0.3, -0.25) is 4.99 Å². The van der Waals surface area contributed by atoms with Crippen LogP contribution >= 0.6 is 24.0 Å². The van der Waals surface area contributed by atoms with Gasteiger partial charge in [-0.25, -0.2) is 0 Å². The summed E-state index contributed by atoms with van der Waals surface area (Å²) in [6.07, 6.45) is 7.70. The van der Waals surface area contributed by atoms with Crippen LogP contribution in [0.5, 0.6) is 0 Å². The van der Waals surface area contributed by atoms with Gasteiger partial charge in [0.05, 0.1) is 0 Å². The van der Waals surface area contributed by atoms with Gasteiger partial charge in [-0.2, -0.15) is 0 Å². The molecule has 0 atom stereocenters. The molecule has 0 aromatic carbocycles. The quantitative estimate of drug-likeness (QED) is 0.286. The molecule has 0 saturated heterocycles. The van der Waals surface area contributed by atoms with Gasteiger partial charge in [-0.1, -0.05) is 26.2 Å². The van der Waals surface area contributed by atoms with Crippen molar-refractivity contribution in [1.29, 1.82) is 0 Å². The molecule has 0 amide bonds. The predicted octanol–water partition coefficient (Wildman–Crippen LogP) is 3.15. The standard InChI is InChI=1S/C15H31N3O.HI/c1-3-13-6-8-14(9-7-13)12-18-15(16)17-10-5-11-19-4-2;/h13-14H,3-12H2,1-2H3,(H3,16,17,18);1H. The number of halogens is 1. The molecular weight excluding hydrogens is 365 g/mol. The third-order valence-electron chi connectivity index (χ3n) is 4.04. The zero-order chi connectivity index (χ0) is 13.9. The van der Waals surface area contributed by atoms with E-state index in [0.29, 0.717) is 5.96 Å². The molecule has 20 heavy (non-hydrogen) atoms. The fraction of sp³-hybridized carbons (Fsp3) is 0.933. The van der Waals surface area contributed by atoms with Gasteiger partial charge in [-0.15, -0.1) is 24.0 Å². The number of hydrogen-bond acceptors (Lipinski definition) is 2.